The second kappa shape index (κ2) is 4.98. The van der Waals surface area contributed by atoms with Crippen molar-refractivity contribution in [2.24, 2.45) is 16.7 Å². The van der Waals surface area contributed by atoms with Crippen molar-refractivity contribution in [3.8, 4) is 0 Å². The zero-order valence-electron chi connectivity index (χ0n) is 12.6. The van der Waals surface area contributed by atoms with Gasteiger partial charge in [-0.3, -0.25) is 14.9 Å². The van der Waals surface area contributed by atoms with Gasteiger partial charge in [-0.05, 0) is 22.8 Å². The van der Waals surface area contributed by atoms with Gasteiger partial charge in [0.2, 0.25) is 0 Å². The summed E-state index contributed by atoms with van der Waals surface area (Å²) in [6, 6.07) is 3.87. The molecule has 0 aliphatic heterocycles. The number of benzene rings is 1. The van der Waals surface area contributed by atoms with E-state index in [0.29, 0.717) is 12.5 Å². The standard InChI is InChI=1S/C15H19ClN2O3/c1-14(2)12(15(14,3)4)8-17-13(19)10-6-5-9(18(20)21)7-11(10)16/h5-7,12H,8H2,1-4H3,(H,17,19). The van der Waals surface area contributed by atoms with Crippen LogP contribution in [0.15, 0.2) is 18.2 Å². The number of hydrogen-bond acceptors (Lipinski definition) is 3. The van der Waals surface area contributed by atoms with Crippen LogP contribution in [0, 0.1) is 26.9 Å². The third-order valence-corrected chi connectivity index (χ3v) is 5.51. The molecule has 1 aliphatic rings. The molecule has 0 radical (unpaired) electrons. The van der Waals surface area contributed by atoms with E-state index in [9.17, 15) is 14.9 Å². The molecule has 0 bridgehead atoms. The first-order valence-corrected chi connectivity index (χ1v) is 7.19. The molecule has 5 nitrogen and oxygen atoms in total. The summed E-state index contributed by atoms with van der Waals surface area (Å²) in [7, 11) is 0. The van der Waals surface area contributed by atoms with E-state index in [1.165, 1.54) is 18.2 Å². The number of nitro benzene ring substituents is 1. The lowest BCUT2D eigenvalue weighted by atomic mass is 10.0. The van der Waals surface area contributed by atoms with Crippen LogP contribution in [0.4, 0.5) is 5.69 Å². The minimum Gasteiger partial charge on any atom is -0.352 e. The summed E-state index contributed by atoms with van der Waals surface area (Å²) in [5.74, 6) is 0.110. The Bertz CT molecular complexity index is 597. The maximum absolute atomic E-state index is 12.1. The Morgan fingerprint density at radius 2 is 1.90 bits per heavy atom. The highest BCUT2D eigenvalue weighted by molar-refractivity contribution is 6.34. The maximum Gasteiger partial charge on any atom is 0.270 e. The van der Waals surface area contributed by atoms with E-state index in [1.807, 2.05) is 0 Å². The number of non-ortho nitro benzene ring substituents is 1. The fourth-order valence-electron chi connectivity index (χ4n) is 2.94. The number of nitro groups is 1. The summed E-state index contributed by atoms with van der Waals surface area (Å²) in [5.41, 5.74) is 0.526. The Kier molecular flexibility index (Phi) is 3.74. The molecule has 1 fully saturated rings. The molecule has 1 N–H and O–H groups in total. The van der Waals surface area contributed by atoms with Crippen molar-refractivity contribution in [1.82, 2.24) is 5.32 Å². The van der Waals surface area contributed by atoms with Gasteiger partial charge in [0.15, 0.2) is 0 Å². The zero-order chi connectivity index (χ0) is 16.0. The van der Waals surface area contributed by atoms with Crippen molar-refractivity contribution in [2.75, 3.05) is 6.54 Å². The van der Waals surface area contributed by atoms with Crippen LogP contribution in [-0.2, 0) is 0 Å². The van der Waals surface area contributed by atoms with Gasteiger partial charge in [-0.15, -0.1) is 0 Å². The Labute approximate surface area is 128 Å². The Hall–Kier alpha value is -1.62. The Morgan fingerprint density at radius 1 is 1.33 bits per heavy atom. The average molecular weight is 311 g/mol. The second-order valence-electron chi connectivity index (χ2n) is 6.63. The highest BCUT2D eigenvalue weighted by Gasteiger charge is 2.64. The quantitative estimate of drug-likeness (QED) is 0.681. The molecule has 1 aromatic carbocycles. The molecule has 1 aliphatic carbocycles. The third kappa shape index (κ3) is 2.62. The molecule has 0 saturated heterocycles. The number of rotatable bonds is 4. The highest BCUT2D eigenvalue weighted by atomic mass is 35.5. The number of carbonyl (C=O) groups is 1. The van der Waals surface area contributed by atoms with E-state index in [0.717, 1.165) is 0 Å². The van der Waals surface area contributed by atoms with Gasteiger partial charge >= 0.3 is 0 Å². The lowest BCUT2D eigenvalue weighted by Crippen LogP contribution is -2.27. The minimum absolute atomic E-state index is 0.0935. The summed E-state index contributed by atoms with van der Waals surface area (Å²) in [6.45, 7) is 9.31. The highest BCUT2D eigenvalue weighted by Crippen LogP contribution is 2.67. The van der Waals surface area contributed by atoms with E-state index in [1.54, 1.807) is 0 Å². The SMILES string of the molecule is CC1(C)C(CNC(=O)c2ccc([N+](=O)[O-])cc2Cl)C1(C)C. The fraction of sp³-hybridized carbons (Fsp3) is 0.533. The summed E-state index contributed by atoms with van der Waals surface area (Å²) in [5, 5.41) is 13.6. The number of hydrogen-bond donors (Lipinski definition) is 1. The number of nitrogens with zero attached hydrogens (tertiary/aromatic N) is 1. The Morgan fingerprint density at radius 3 is 2.33 bits per heavy atom. The van der Waals surface area contributed by atoms with Gasteiger partial charge in [0.05, 0.1) is 15.5 Å². The van der Waals surface area contributed by atoms with Crippen molar-refractivity contribution in [1.29, 1.82) is 0 Å². The van der Waals surface area contributed by atoms with Gasteiger partial charge in [-0.1, -0.05) is 39.3 Å². The smallest absolute Gasteiger partial charge is 0.270 e. The predicted octanol–water partition coefficient (Wildman–Crippen LogP) is 3.66. The van der Waals surface area contributed by atoms with Crippen molar-refractivity contribution in [3.63, 3.8) is 0 Å². The molecular weight excluding hydrogens is 292 g/mol. The molecule has 6 heteroatoms. The third-order valence-electron chi connectivity index (χ3n) is 5.19. The number of amides is 1. The van der Waals surface area contributed by atoms with E-state index < -0.39 is 4.92 Å². The first kappa shape index (κ1) is 15.8. The molecule has 2 rings (SSSR count). The van der Waals surface area contributed by atoms with Gasteiger partial charge < -0.3 is 5.32 Å². The normalized spacial score (nSPS) is 19.1. The Balaban J connectivity index is 2.04. The molecule has 1 saturated carbocycles. The van der Waals surface area contributed by atoms with E-state index >= 15 is 0 Å². The first-order chi connectivity index (χ1) is 9.59. The van der Waals surface area contributed by atoms with Crippen molar-refractivity contribution < 1.29 is 9.72 Å². The van der Waals surface area contributed by atoms with Gasteiger partial charge in [-0.2, -0.15) is 0 Å². The molecule has 0 spiro atoms. The van der Waals surface area contributed by atoms with Gasteiger partial charge in [-0.25, -0.2) is 0 Å². The van der Waals surface area contributed by atoms with Crippen LogP contribution in [-0.4, -0.2) is 17.4 Å². The van der Waals surface area contributed by atoms with Crippen LogP contribution in [0.3, 0.4) is 0 Å². The summed E-state index contributed by atoms with van der Waals surface area (Å²) in [4.78, 5) is 22.2. The summed E-state index contributed by atoms with van der Waals surface area (Å²) in [6.07, 6.45) is 0. The maximum atomic E-state index is 12.1. The molecule has 1 aromatic rings. The van der Waals surface area contributed by atoms with E-state index in [-0.39, 0.29) is 33.0 Å². The topological polar surface area (TPSA) is 72.2 Å². The van der Waals surface area contributed by atoms with Gasteiger partial charge in [0, 0.05) is 18.7 Å². The fourth-order valence-corrected chi connectivity index (χ4v) is 3.20. The molecule has 114 valence electrons. The minimum atomic E-state index is -0.539. The predicted molar refractivity (Wildman–Crippen MR) is 81.5 cm³/mol. The molecule has 21 heavy (non-hydrogen) atoms. The lowest BCUT2D eigenvalue weighted by Gasteiger charge is -2.07. The van der Waals surface area contributed by atoms with Crippen LogP contribution >= 0.6 is 11.6 Å². The largest absolute Gasteiger partial charge is 0.352 e. The monoisotopic (exact) mass is 310 g/mol. The van der Waals surface area contributed by atoms with Crippen molar-refractivity contribution in [2.45, 2.75) is 27.7 Å². The van der Waals surface area contributed by atoms with Crippen LogP contribution in [0.25, 0.3) is 0 Å². The molecule has 1 amide bonds. The van der Waals surface area contributed by atoms with Gasteiger partial charge in [0.1, 0.15) is 0 Å². The van der Waals surface area contributed by atoms with Crippen LogP contribution < -0.4 is 5.32 Å². The van der Waals surface area contributed by atoms with Crippen LogP contribution in [0.2, 0.25) is 5.02 Å². The zero-order valence-corrected chi connectivity index (χ0v) is 13.3. The lowest BCUT2D eigenvalue weighted by molar-refractivity contribution is -0.384. The number of nitrogens with one attached hydrogen (secondary N) is 1. The van der Waals surface area contributed by atoms with Crippen LogP contribution in [0.1, 0.15) is 38.1 Å². The molecule has 0 heterocycles. The molecule has 0 unspecified atom stereocenters. The second-order valence-corrected chi connectivity index (χ2v) is 7.03. The first-order valence-electron chi connectivity index (χ1n) is 6.81. The number of halogens is 1. The molecule has 0 atom stereocenters. The summed E-state index contributed by atoms with van der Waals surface area (Å²) < 4.78 is 0. The number of carbonyl (C=O) groups excluding carboxylic acids is 1. The average Bonchev–Trinajstić information content (AvgIpc) is 2.76. The van der Waals surface area contributed by atoms with Crippen LogP contribution in [0.5, 0.6) is 0 Å². The van der Waals surface area contributed by atoms with E-state index in [4.69, 9.17) is 11.6 Å². The van der Waals surface area contributed by atoms with Gasteiger partial charge in [0.25, 0.3) is 11.6 Å². The van der Waals surface area contributed by atoms with Crippen molar-refractivity contribution >= 4 is 23.2 Å². The summed E-state index contributed by atoms with van der Waals surface area (Å²) >= 11 is 5.95. The van der Waals surface area contributed by atoms with E-state index in [2.05, 4.69) is 33.0 Å². The molecular formula is C15H19ClN2O3. The molecule has 0 aromatic heterocycles. The van der Waals surface area contributed by atoms with Crippen molar-refractivity contribution in [3.05, 3.63) is 38.9 Å².